The molecule has 2 aromatic carbocycles. The molecule has 0 N–H and O–H groups in total. The van der Waals surface area contributed by atoms with Gasteiger partial charge in [-0.05, 0) is 24.3 Å². The minimum absolute atomic E-state index is 0.0159. The number of carbonyl (C=O) groups is 1. The fourth-order valence-electron chi connectivity index (χ4n) is 2.53. The zero-order valence-electron chi connectivity index (χ0n) is 13.5. The Morgan fingerprint density at radius 2 is 1.58 bits per heavy atom. The highest BCUT2D eigenvalue weighted by atomic mass is 16.5. The number of morpholine rings is 1. The summed E-state index contributed by atoms with van der Waals surface area (Å²) in [6.45, 7) is 3.19. The fraction of sp³-hybridized carbons (Fsp3) is 0.316. The number of ether oxygens (including phenoxy) is 3. The van der Waals surface area contributed by atoms with Crippen molar-refractivity contribution in [3.8, 4) is 11.5 Å². The molecule has 0 aliphatic carbocycles. The van der Waals surface area contributed by atoms with Gasteiger partial charge in [-0.1, -0.05) is 30.3 Å². The van der Waals surface area contributed by atoms with Gasteiger partial charge in [-0.15, -0.1) is 0 Å². The molecule has 0 spiro atoms. The molecule has 0 aromatic heterocycles. The van der Waals surface area contributed by atoms with Crippen LogP contribution in [0.2, 0.25) is 0 Å². The number of nitrogens with zero attached hydrogens (tertiary/aromatic N) is 1. The Morgan fingerprint density at radius 3 is 2.38 bits per heavy atom. The van der Waals surface area contributed by atoms with Crippen LogP contribution in [0.4, 0.5) is 0 Å². The van der Waals surface area contributed by atoms with Gasteiger partial charge in [0.25, 0.3) is 5.91 Å². The zero-order chi connectivity index (χ0) is 16.6. The second kappa shape index (κ2) is 8.36. The summed E-state index contributed by atoms with van der Waals surface area (Å²) < 4.78 is 16.7. The first-order valence-electron chi connectivity index (χ1n) is 8.11. The van der Waals surface area contributed by atoms with Crippen molar-refractivity contribution in [2.24, 2.45) is 0 Å². The summed E-state index contributed by atoms with van der Waals surface area (Å²) in [7, 11) is 0. The first kappa shape index (κ1) is 16.3. The van der Waals surface area contributed by atoms with E-state index >= 15 is 0 Å². The van der Waals surface area contributed by atoms with E-state index in [9.17, 15) is 4.79 Å². The fourth-order valence-corrected chi connectivity index (χ4v) is 2.53. The quantitative estimate of drug-likeness (QED) is 0.765. The summed E-state index contributed by atoms with van der Waals surface area (Å²) in [6.07, 6.45) is 0. The summed E-state index contributed by atoms with van der Waals surface area (Å²) >= 11 is 0. The second-order valence-corrected chi connectivity index (χ2v) is 5.41. The van der Waals surface area contributed by atoms with Crippen LogP contribution in [0.25, 0.3) is 0 Å². The van der Waals surface area contributed by atoms with Crippen molar-refractivity contribution in [3.05, 3.63) is 60.2 Å². The molecule has 126 valence electrons. The lowest BCUT2D eigenvalue weighted by Gasteiger charge is -2.27. The predicted molar refractivity (Wildman–Crippen MR) is 90.6 cm³/mol. The maximum absolute atomic E-state index is 12.6. The molecular weight excluding hydrogens is 306 g/mol. The van der Waals surface area contributed by atoms with Crippen LogP contribution in [-0.2, 0) is 4.74 Å². The van der Waals surface area contributed by atoms with Gasteiger partial charge < -0.3 is 19.1 Å². The van der Waals surface area contributed by atoms with Crippen molar-refractivity contribution in [1.82, 2.24) is 4.90 Å². The Hall–Kier alpha value is -2.53. The lowest BCUT2D eigenvalue weighted by molar-refractivity contribution is 0.0300. The first-order valence-corrected chi connectivity index (χ1v) is 8.11. The molecule has 1 heterocycles. The summed E-state index contributed by atoms with van der Waals surface area (Å²) in [6, 6.07) is 16.9. The Balaban J connectivity index is 1.56. The number of hydrogen-bond donors (Lipinski definition) is 0. The summed E-state index contributed by atoms with van der Waals surface area (Å²) in [4.78, 5) is 14.4. The molecule has 0 radical (unpaired) electrons. The summed E-state index contributed by atoms with van der Waals surface area (Å²) in [5.74, 6) is 1.38. The topological polar surface area (TPSA) is 48.0 Å². The van der Waals surface area contributed by atoms with Crippen LogP contribution in [0, 0.1) is 0 Å². The monoisotopic (exact) mass is 327 g/mol. The van der Waals surface area contributed by atoms with E-state index in [1.54, 1.807) is 11.0 Å². The third kappa shape index (κ3) is 4.26. The number of amides is 1. The van der Waals surface area contributed by atoms with E-state index in [-0.39, 0.29) is 5.91 Å². The maximum Gasteiger partial charge on any atom is 0.257 e. The second-order valence-electron chi connectivity index (χ2n) is 5.41. The summed E-state index contributed by atoms with van der Waals surface area (Å²) in [5, 5.41) is 0. The number of carbonyl (C=O) groups excluding carboxylic acids is 1. The Kier molecular flexibility index (Phi) is 5.69. The van der Waals surface area contributed by atoms with Gasteiger partial charge in [0.05, 0.1) is 18.8 Å². The molecule has 5 nitrogen and oxygen atoms in total. The number of para-hydroxylation sites is 2. The van der Waals surface area contributed by atoms with Gasteiger partial charge >= 0.3 is 0 Å². The molecule has 0 saturated carbocycles. The van der Waals surface area contributed by atoms with Crippen molar-refractivity contribution >= 4 is 5.91 Å². The molecule has 24 heavy (non-hydrogen) atoms. The molecule has 5 heteroatoms. The van der Waals surface area contributed by atoms with Gasteiger partial charge in [0, 0.05) is 13.1 Å². The van der Waals surface area contributed by atoms with Gasteiger partial charge in [-0.25, -0.2) is 0 Å². The smallest absolute Gasteiger partial charge is 0.257 e. The van der Waals surface area contributed by atoms with E-state index in [0.717, 1.165) is 5.75 Å². The molecule has 2 aromatic rings. The largest absolute Gasteiger partial charge is 0.490 e. The normalized spacial score (nSPS) is 14.2. The van der Waals surface area contributed by atoms with Crippen molar-refractivity contribution in [1.29, 1.82) is 0 Å². The van der Waals surface area contributed by atoms with Gasteiger partial charge in [0.15, 0.2) is 0 Å². The van der Waals surface area contributed by atoms with Crippen molar-refractivity contribution in [3.63, 3.8) is 0 Å². The van der Waals surface area contributed by atoms with Gasteiger partial charge in [0.2, 0.25) is 0 Å². The van der Waals surface area contributed by atoms with Gasteiger partial charge in [0.1, 0.15) is 24.7 Å². The molecule has 0 atom stereocenters. The highest BCUT2D eigenvalue weighted by Crippen LogP contribution is 2.20. The van der Waals surface area contributed by atoms with E-state index in [1.807, 2.05) is 48.5 Å². The van der Waals surface area contributed by atoms with Crippen LogP contribution >= 0.6 is 0 Å². The molecule has 1 amide bonds. The van der Waals surface area contributed by atoms with Crippen LogP contribution in [0.3, 0.4) is 0 Å². The minimum Gasteiger partial charge on any atom is -0.490 e. The SMILES string of the molecule is O=C(c1ccccc1OCCOc1ccccc1)N1CCOCC1. The van der Waals surface area contributed by atoms with Crippen LogP contribution in [0.15, 0.2) is 54.6 Å². The average molecular weight is 327 g/mol. The maximum atomic E-state index is 12.6. The van der Waals surface area contributed by atoms with Gasteiger partial charge in [-0.2, -0.15) is 0 Å². The summed E-state index contributed by atoms with van der Waals surface area (Å²) in [5.41, 5.74) is 0.583. The predicted octanol–water partition coefficient (Wildman–Crippen LogP) is 2.62. The number of hydrogen-bond acceptors (Lipinski definition) is 4. The van der Waals surface area contributed by atoms with E-state index in [4.69, 9.17) is 14.2 Å². The van der Waals surface area contributed by atoms with E-state index in [0.29, 0.717) is 50.8 Å². The highest BCUT2D eigenvalue weighted by Gasteiger charge is 2.21. The van der Waals surface area contributed by atoms with E-state index in [2.05, 4.69) is 0 Å². The standard InChI is InChI=1S/C19H21NO4/c21-19(20-10-12-22-13-11-20)17-8-4-5-9-18(17)24-15-14-23-16-6-2-1-3-7-16/h1-9H,10-15H2. The zero-order valence-corrected chi connectivity index (χ0v) is 13.5. The van der Waals surface area contributed by atoms with Crippen molar-refractivity contribution in [2.75, 3.05) is 39.5 Å². The third-order valence-electron chi connectivity index (χ3n) is 3.77. The average Bonchev–Trinajstić information content (AvgIpc) is 2.66. The molecule has 0 unspecified atom stereocenters. The van der Waals surface area contributed by atoms with E-state index < -0.39 is 0 Å². The highest BCUT2D eigenvalue weighted by molar-refractivity contribution is 5.97. The number of rotatable bonds is 6. The molecule has 1 aliphatic rings. The Morgan fingerprint density at radius 1 is 0.917 bits per heavy atom. The minimum atomic E-state index is -0.0159. The molecular formula is C19H21NO4. The molecule has 1 fully saturated rings. The van der Waals surface area contributed by atoms with Crippen molar-refractivity contribution < 1.29 is 19.0 Å². The third-order valence-corrected chi connectivity index (χ3v) is 3.77. The van der Waals surface area contributed by atoms with Crippen LogP contribution in [0.5, 0.6) is 11.5 Å². The lowest BCUT2D eigenvalue weighted by atomic mass is 10.1. The van der Waals surface area contributed by atoms with Crippen molar-refractivity contribution in [2.45, 2.75) is 0 Å². The molecule has 0 bridgehead atoms. The Labute approximate surface area is 141 Å². The lowest BCUT2D eigenvalue weighted by Crippen LogP contribution is -2.40. The Bertz CT molecular complexity index is 653. The number of benzene rings is 2. The van der Waals surface area contributed by atoms with Gasteiger partial charge in [-0.3, -0.25) is 4.79 Å². The molecule has 1 aliphatic heterocycles. The van der Waals surface area contributed by atoms with Crippen LogP contribution in [0.1, 0.15) is 10.4 Å². The van der Waals surface area contributed by atoms with E-state index in [1.165, 1.54) is 0 Å². The first-order chi connectivity index (χ1) is 11.8. The molecule has 1 saturated heterocycles. The molecule has 3 rings (SSSR count). The van der Waals surface area contributed by atoms with Crippen LogP contribution < -0.4 is 9.47 Å². The van der Waals surface area contributed by atoms with Crippen LogP contribution in [-0.4, -0.2) is 50.3 Å².